The van der Waals surface area contributed by atoms with E-state index in [2.05, 4.69) is 28.7 Å². The van der Waals surface area contributed by atoms with E-state index in [1.165, 1.54) is 22.9 Å². The van der Waals surface area contributed by atoms with E-state index in [0.717, 1.165) is 32.3 Å². The fourth-order valence-corrected chi connectivity index (χ4v) is 3.66. The maximum Gasteiger partial charge on any atom is 0.256 e. The van der Waals surface area contributed by atoms with Crippen molar-refractivity contribution < 1.29 is 18.8 Å². The Morgan fingerprint density at radius 3 is 2.92 bits per heavy atom. The number of carbonyl (C=O) groups excluding carboxylic acids is 1. The first-order valence-electron chi connectivity index (χ1n) is 9.30. The van der Waals surface area contributed by atoms with Gasteiger partial charge in [-0.05, 0) is 42.4 Å². The molecule has 6 nitrogen and oxygen atoms in total. The molecular formula is C20H24N2O4. The van der Waals surface area contributed by atoms with Crippen LogP contribution in [0.2, 0.25) is 0 Å². The summed E-state index contributed by atoms with van der Waals surface area (Å²) >= 11 is 0. The van der Waals surface area contributed by atoms with Crippen molar-refractivity contribution >= 4 is 5.91 Å². The fraction of sp³-hybridized carbons (Fsp3) is 0.500. The van der Waals surface area contributed by atoms with Crippen molar-refractivity contribution in [1.29, 1.82) is 0 Å². The number of nitrogens with zero attached hydrogens (tertiary/aromatic N) is 1. The maximum absolute atomic E-state index is 12.5. The van der Waals surface area contributed by atoms with Crippen molar-refractivity contribution in [1.82, 2.24) is 10.5 Å². The number of fused-ring (bicyclic) bond motifs is 1. The van der Waals surface area contributed by atoms with Gasteiger partial charge in [-0.1, -0.05) is 23.4 Å². The van der Waals surface area contributed by atoms with Crippen LogP contribution in [0.4, 0.5) is 0 Å². The molecular weight excluding hydrogens is 332 g/mol. The van der Waals surface area contributed by atoms with Crippen LogP contribution in [0.25, 0.3) is 0 Å². The summed E-state index contributed by atoms with van der Waals surface area (Å²) in [5.74, 6) is 0.800. The average molecular weight is 356 g/mol. The predicted octanol–water partition coefficient (Wildman–Crippen LogP) is 2.61. The fourth-order valence-electron chi connectivity index (χ4n) is 3.66. The predicted molar refractivity (Wildman–Crippen MR) is 95.1 cm³/mol. The summed E-state index contributed by atoms with van der Waals surface area (Å²) in [5, 5.41) is 6.84. The number of aromatic nitrogens is 1. The lowest BCUT2D eigenvalue weighted by atomic mass is 9.94. The van der Waals surface area contributed by atoms with Gasteiger partial charge in [0.2, 0.25) is 0 Å². The second-order valence-electron chi connectivity index (χ2n) is 6.90. The number of amides is 1. The van der Waals surface area contributed by atoms with Crippen molar-refractivity contribution in [3.05, 3.63) is 52.4 Å². The van der Waals surface area contributed by atoms with Crippen molar-refractivity contribution in [3.8, 4) is 0 Å². The molecule has 1 aromatic carbocycles. The highest BCUT2D eigenvalue weighted by atomic mass is 16.5. The van der Waals surface area contributed by atoms with Crippen LogP contribution in [0.5, 0.6) is 0 Å². The van der Waals surface area contributed by atoms with Gasteiger partial charge < -0.3 is 19.3 Å². The number of rotatable bonds is 5. The maximum atomic E-state index is 12.5. The summed E-state index contributed by atoms with van der Waals surface area (Å²) in [6, 6.07) is 6.48. The second-order valence-corrected chi connectivity index (χ2v) is 6.90. The van der Waals surface area contributed by atoms with E-state index in [4.69, 9.17) is 14.0 Å². The standard InChI is InChI=1S/C20H24N2O4/c23-20(18-12-22-26-19(18)15-4-8-24-9-5-15)21-7-3-14-1-2-17-13-25-10-6-16(17)11-14/h1-2,11-12,15H,3-10,13H2,(H,21,23). The smallest absolute Gasteiger partial charge is 0.256 e. The monoisotopic (exact) mass is 356 g/mol. The van der Waals surface area contributed by atoms with Crippen molar-refractivity contribution in [2.24, 2.45) is 0 Å². The number of carbonyl (C=O) groups is 1. The molecule has 4 rings (SSSR count). The molecule has 2 aromatic rings. The third kappa shape index (κ3) is 3.81. The lowest BCUT2D eigenvalue weighted by Crippen LogP contribution is -2.27. The van der Waals surface area contributed by atoms with Crippen molar-refractivity contribution in [2.45, 2.75) is 38.2 Å². The molecule has 0 radical (unpaired) electrons. The summed E-state index contributed by atoms with van der Waals surface area (Å²) in [6.45, 7) is 3.49. The Morgan fingerprint density at radius 1 is 1.15 bits per heavy atom. The van der Waals surface area contributed by atoms with Crippen molar-refractivity contribution in [2.75, 3.05) is 26.4 Å². The minimum Gasteiger partial charge on any atom is -0.381 e. The molecule has 1 saturated heterocycles. The van der Waals surface area contributed by atoms with Gasteiger partial charge in [-0.3, -0.25) is 4.79 Å². The van der Waals surface area contributed by atoms with Crippen molar-refractivity contribution in [3.63, 3.8) is 0 Å². The number of hydrogen-bond acceptors (Lipinski definition) is 5. The highest BCUT2D eigenvalue weighted by Crippen LogP contribution is 2.29. The summed E-state index contributed by atoms with van der Waals surface area (Å²) in [6.07, 6.45) is 5.03. The highest BCUT2D eigenvalue weighted by molar-refractivity contribution is 5.95. The number of ether oxygens (including phenoxy) is 2. The largest absolute Gasteiger partial charge is 0.381 e. The Kier molecular flexibility index (Phi) is 5.32. The summed E-state index contributed by atoms with van der Waals surface area (Å²) in [4.78, 5) is 12.5. The normalized spacial score (nSPS) is 17.7. The van der Waals surface area contributed by atoms with E-state index in [0.29, 0.717) is 37.7 Å². The van der Waals surface area contributed by atoms with E-state index in [1.54, 1.807) is 0 Å². The molecule has 0 spiro atoms. The first-order valence-corrected chi connectivity index (χ1v) is 9.30. The number of nitrogens with one attached hydrogen (secondary N) is 1. The molecule has 6 heteroatoms. The van der Waals surface area contributed by atoms with Crippen LogP contribution < -0.4 is 5.32 Å². The minimum absolute atomic E-state index is 0.112. The molecule has 0 unspecified atom stereocenters. The number of benzene rings is 1. The van der Waals surface area contributed by atoms with Gasteiger partial charge in [-0.15, -0.1) is 0 Å². The first kappa shape index (κ1) is 17.2. The summed E-state index contributed by atoms with van der Waals surface area (Å²) in [5.41, 5.74) is 4.43. The van der Waals surface area contributed by atoms with E-state index < -0.39 is 0 Å². The number of hydrogen-bond donors (Lipinski definition) is 1. The molecule has 0 aliphatic carbocycles. The van der Waals surface area contributed by atoms with Gasteiger partial charge in [0, 0.05) is 25.7 Å². The van der Waals surface area contributed by atoms with Crippen LogP contribution in [0, 0.1) is 0 Å². The highest BCUT2D eigenvalue weighted by Gasteiger charge is 2.26. The van der Waals surface area contributed by atoms with Crippen LogP contribution in [0.15, 0.2) is 28.9 Å². The zero-order valence-corrected chi connectivity index (χ0v) is 14.8. The van der Waals surface area contributed by atoms with Gasteiger partial charge in [-0.2, -0.15) is 0 Å². The zero-order chi connectivity index (χ0) is 17.8. The Hall–Kier alpha value is -2.18. The second kappa shape index (κ2) is 8.01. The quantitative estimate of drug-likeness (QED) is 0.891. The van der Waals surface area contributed by atoms with Crippen LogP contribution >= 0.6 is 0 Å². The molecule has 138 valence electrons. The third-order valence-electron chi connectivity index (χ3n) is 5.18. The lowest BCUT2D eigenvalue weighted by molar-refractivity contribution is 0.0779. The van der Waals surface area contributed by atoms with Gasteiger partial charge in [0.05, 0.1) is 19.4 Å². The summed E-state index contributed by atoms with van der Waals surface area (Å²) < 4.78 is 16.2. The topological polar surface area (TPSA) is 73.6 Å². The molecule has 1 N–H and O–H groups in total. The Labute approximate surface area is 152 Å². The Morgan fingerprint density at radius 2 is 2.04 bits per heavy atom. The molecule has 2 aliphatic rings. The molecule has 1 fully saturated rings. The van der Waals surface area contributed by atoms with E-state index in [9.17, 15) is 4.79 Å². The average Bonchev–Trinajstić information content (AvgIpc) is 3.18. The molecule has 1 amide bonds. The minimum atomic E-state index is -0.112. The van der Waals surface area contributed by atoms with Gasteiger partial charge in [0.1, 0.15) is 5.56 Å². The molecule has 0 atom stereocenters. The lowest BCUT2D eigenvalue weighted by Gasteiger charge is -2.20. The van der Waals surface area contributed by atoms with E-state index in [-0.39, 0.29) is 11.8 Å². The molecule has 26 heavy (non-hydrogen) atoms. The third-order valence-corrected chi connectivity index (χ3v) is 5.18. The van der Waals surface area contributed by atoms with Crippen LogP contribution in [0.1, 0.15) is 51.6 Å². The molecule has 0 bridgehead atoms. The SMILES string of the molecule is O=C(NCCc1ccc2c(c1)CCOC2)c1cnoc1C1CCOCC1. The zero-order valence-electron chi connectivity index (χ0n) is 14.8. The van der Waals surface area contributed by atoms with Crippen LogP contribution in [-0.2, 0) is 28.9 Å². The van der Waals surface area contributed by atoms with E-state index in [1.807, 2.05) is 0 Å². The summed E-state index contributed by atoms with van der Waals surface area (Å²) in [7, 11) is 0. The molecule has 2 aliphatic heterocycles. The first-order chi connectivity index (χ1) is 12.8. The van der Waals surface area contributed by atoms with Gasteiger partial charge in [0.25, 0.3) is 5.91 Å². The van der Waals surface area contributed by atoms with Gasteiger partial charge >= 0.3 is 0 Å². The molecule has 0 saturated carbocycles. The van der Waals surface area contributed by atoms with Gasteiger partial charge in [0.15, 0.2) is 5.76 Å². The Balaban J connectivity index is 1.34. The van der Waals surface area contributed by atoms with Crippen LogP contribution in [-0.4, -0.2) is 37.4 Å². The Bertz CT molecular complexity index is 765. The van der Waals surface area contributed by atoms with Gasteiger partial charge in [-0.25, -0.2) is 0 Å². The molecule has 3 heterocycles. The molecule has 1 aromatic heterocycles. The van der Waals surface area contributed by atoms with E-state index >= 15 is 0 Å². The van der Waals surface area contributed by atoms with Crippen LogP contribution in [0.3, 0.4) is 0 Å².